The lowest BCUT2D eigenvalue weighted by molar-refractivity contribution is -0.384. The molecule has 1 aromatic carbocycles. The van der Waals surface area contributed by atoms with Crippen molar-refractivity contribution in [1.29, 1.82) is 0 Å². The van der Waals surface area contributed by atoms with Crippen molar-refractivity contribution in [3.8, 4) is 0 Å². The van der Waals surface area contributed by atoms with Gasteiger partial charge in [0.05, 0.1) is 11.0 Å². The van der Waals surface area contributed by atoms with E-state index in [1.54, 1.807) is 13.0 Å². The van der Waals surface area contributed by atoms with Crippen LogP contribution in [0.1, 0.15) is 31.2 Å². The predicted octanol–water partition coefficient (Wildman–Crippen LogP) is 2.98. The van der Waals surface area contributed by atoms with Crippen molar-refractivity contribution in [2.45, 2.75) is 44.8 Å². The van der Waals surface area contributed by atoms with Gasteiger partial charge in [-0.3, -0.25) is 10.1 Å². The number of carbonyl (C=O) groups excluding carboxylic acids is 1. The fourth-order valence-corrected chi connectivity index (χ4v) is 3.00. The first-order valence-corrected chi connectivity index (χ1v) is 7.97. The number of anilines is 1. The van der Waals surface area contributed by atoms with E-state index in [2.05, 4.69) is 10.6 Å². The molecular weight excluding hydrogens is 298 g/mol. The first kappa shape index (κ1) is 15.7. The summed E-state index contributed by atoms with van der Waals surface area (Å²) in [5.74, 6) is 0.666. The van der Waals surface area contributed by atoms with Crippen molar-refractivity contribution >= 4 is 17.4 Å². The molecule has 1 aliphatic heterocycles. The van der Waals surface area contributed by atoms with Crippen molar-refractivity contribution in [2.24, 2.45) is 5.92 Å². The summed E-state index contributed by atoms with van der Waals surface area (Å²) in [7, 11) is 0. The van der Waals surface area contributed by atoms with Gasteiger partial charge in [0.15, 0.2) is 0 Å². The van der Waals surface area contributed by atoms with Gasteiger partial charge in [-0.2, -0.15) is 0 Å². The molecule has 0 spiro atoms. The molecule has 0 radical (unpaired) electrons. The lowest BCUT2D eigenvalue weighted by Gasteiger charge is -2.30. The zero-order valence-corrected chi connectivity index (χ0v) is 13.1. The number of benzene rings is 1. The number of carbonyl (C=O) groups is 1. The normalized spacial score (nSPS) is 24.0. The summed E-state index contributed by atoms with van der Waals surface area (Å²) < 4.78 is 5.75. The highest BCUT2D eigenvalue weighted by molar-refractivity contribution is 5.90. The number of amides is 2. The molecule has 1 heterocycles. The van der Waals surface area contributed by atoms with Crippen LogP contribution in [0.15, 0.2) is 18.2 Å². The molecule has 1 aliphatic carbocycles. The Morgan fingerprint density at radius 1 is 1.35 bits per heavy atom. The second-order valence-corrected chi connectivity index (χ2v) is 6.32. The molecule has 2 N–H and O–H groups in total. The molecule has 2 atom stereocenters. The SMILES string of the molecule is Cc1cc([N+](=O)[O-])ccc1NC(=O)N[C@H]1CCO[C@@H](C2CC2)C1. The molecule has 124 valence electrons. The van der Waals surface area contributed by atoms with Gasteiger partial charge in [0.25, 0.3) is 5.69 Å². The van der Waals surface area contributed by atoms with E-state index in [9.17, 15) is 14.9 Å². The summed E-state index contributed by atoms with van der Waals surface area (Å²) in [6.45, 7) is 2.42. The Morgan fingerprint density at radius 2 is 2.13 bits per heavy atom. The number of rotatable bonds is 4. The highest BCUT2D eigenvalue weighted by atomic mass is 16.6. The zero-order chi connectivity index (χ0) is 16.4. The van der Waals surface area contributed by atoms with Crippen LogP contribution in [0.25, 0.3) is 0 Å². The Kier molecular flexibility index (Phi) is 4.47. The van der Waals surface area contributed by atoms with Crippen LogP contribution >= 0.6 is 0 Å². The van der Waals surface area contributed by atoms with E-state index < -0.39 is 4.92 Å². The molecule has 7 nitrogen and oxygen atoms in total. The highest BCUT2D eigenvalue weighted by Crippen LogP contribution is 2.38. The van der Waals surface area contributed by atoms with E-state index in [4.69, 9.17) is 4.74 Å². The number of urea groups is 1. The van der Waals surface area contributed by atoms with Gasteiger partial charge >= 0.3 is 6.03 Å². The van der Waals surface area contributed by atoms with Crippen LogP contribution in [-0.2, 0) is 4.74 Å². The maximum Gasteiger partial charge on any atom is 0.319 e. The second-order valence-electron chi connectivity index (χ2n) is 6.32. The smallest absolute Gasteiger partial charge is 0.319 e. The van der Waals surface area contributed by atoms with E-state index >= 15 is 0 Å². The molecule has 0 aromatic heterocycles. The minimum atomic E-state index is -0.448. The topological polar surface area (TPSA) is 93.5 Å². The van der Waals surface area contributed by atoms with Crippen LogP contribution in [0.5, 0.6) is 0 Å². The summed E-state index contributed by atoms with van der Waals surface area (Å²) in [5.41, 5.74) is 1.27. The van der Waals surface area contributed by atoms with Gasteiger partial charge in [-0.05, 0) is 50.2 Å². The first-order chi connectivity index (χ1) is 11.0. The second kappa shape index (κ2) is 6.54. The number of nitro groups is 1. The summed E-state index contributed by atoms with van der Waals surface area (Å²) in [5, 5.41) is 16.5. The molecule has 2 amide bonds. The number of aryl methyl sites for hydroxylation is 1. The van der Waals surface area contributed by atoms with E-state index in [0.29, 0.717) is 23.8 Å². The van der Waals surface area contributed by atoms with E-state index in [1.807, 2.05) is 0 Å². The van der Waals surface area contributed by atoms with E-state index in [1.165, 1.54) is 25.0 Å². The molecule has 1 saturated carbocycles. The van der Waals surface area contributed by atoms with Crippen molar-refractivity contribution in [2.75, 3.05) is 11.9 Å². The third-order valence-corrected chi connectivity index (χ3v) is 4.47. The van der Waals surface area contributed by atoms with Gasteiger partial charge in [0.2, 0.25) is 0 Å². The van der Waals surface area contributed by atoms with Crippen molar-refractivity contribution in [3.63, 3.8) is 0 Å². The molecule has 3 rings (SSSR count). The van der Waals surface area contributed by atoms with Crippen LogP contribution in [-0.4, -0.2) is 29.7 Å². The Balaban J connectivity index is 1.55. The number of nitro benzene ring substituents is 1. The molecule has 0 bridgehead atoms. The minimum Gasteiger partial charge on any atom is -0.378 e. The summed E-state index contributed by atoms with van der Waals surface area (Å²) in [6.07, 6.45) is 4.40. The summed E-state index contributed by atoms with van der Waals surface area (Å²) in [6, 6.07) is 4.24. The molecule has 2 fully saturated rings. The largest absolute Gasteiger partial charge is 0.378 e. The quantitative estimate of drug-likeness (QED) is 0.659. The molecule has 1 aromatic rings. The van der Waals surface area contributed by atoms with Gasteiger partial charge in [-0.1, -0.05) is 0 Å². The number of hydrogen-bond donors (Lipinski definition) is 2. The maximum atomic E-state index is 12.1. The minimum absolute atomic E-state index is 0.0187. The van der Waals surface area contributed by atoms with Crippen LogP contribution < -0.4 is 10.6 Å². The molecule has 23 heavy (non-hydrogen) atoms. The van der Waals surface area contributed by atoms with E-state index in [0.717, 1.165) is 12.8 Å². The summed E-state index contributed by atoms with van der Waals surface area (Å²) in [4.78, 5) is 22.4. The third kappa shape index (κ3) is 3.98. The number of nitrogens with zero attached hydrogens (tertiary/aromatic N) is 1. The third-order valence-electron chi connectivity index (χ3n) is 4.47. The predicted molar refractivity (Wildman–Crippen MR) is 85.5 cm³/mol. The van der Waals surface area contributed by atoms with Crippen molar-refractivity contribution in [3.05, 3.63) is 33.9 Å². The maximum absolute atomic E-state index is 12.1. The number of non-ortho nitro benzene ring substituents is 1. The van der Waals surface area contributed by atoms with Gasteiger partial charge in [-0.25, -0.2) is 4.79 Å². The Bertz CT molecular complexity index is 615. The monoisotopic (exact) mass is 319 g/mol. The molecule has 7 heteroatoms. The summed E-state index contributed by atoms with van der Waals surface area (Å²) >= 11 is 0. The number of nitrogens with one attached hydrogen (secondary N) is 2. The average Bonchev–Trinajstić information content (AvgIpc) is 3.34. The first-order valence-electron chi connectivity index (χ1n) is 7.97. The fraction of sp³-hybridized carbons (Fsp3) is 0.562. The molecular formula is C16H21N3O4. The zero-order valence-electron chi connectivity index (χ0n) is 13.1. The van der Waals surface area contributed by atoms with Crippen molar-refractivity contribution in [1.82, 2.24) is 5.32 Å². The Morgan fingerprint density at radius 3 is 2.78 bits per heavy atom. The Hall–Kier alpha value is -2.15. The van der Waals surface area contributed by atoms with Gasteiger partial charge in [0, 0.05) is 30.5 Å². The molecule has 1 saturated heterocycles. The molecule has 0 unspecified atom stereocenters. The highest BCUT2D eigenvalue weighted by Gasteiger charge is 2.36. The number of hydrogen-bond acceptors (Lipinski definition) is 4. The van der Waals surface area contributed by atoms with Crippen LogP contribution in [0, 0.1) is 23.0 Å². The van der Waals surface area contributed by atoms with Crippen LogP contribution in [0.2, 0.25) is 0 Å². The fourth-order valence-electron chi connectivity index (χ4n) is 3.00. The van der Waals surface area contributed by atoms with Gasteiger partial charge < -0.3 is 15.4 Å². The number of ether oxygens (including phenoxy) is 1. The van der Waals surface area contributed by atoms with Crippen LogP contribution in [0.3, 0.4) is 0 Å². The average molecular weight is 319 g/mol. The van der Waals surface area contributed by atoms with Crippen molar-refractivity contribution < 1.29 is 14.5 Å². The van der Waals surface area contributed by atoms with E-state index in [-0.39, 0.29) is 23.9 Å². The van der Waals surface area contributed by atoms with Crippen LogP contribution in [0.4, 0.5) is 16.2 Å². The lowest BCUT2D eigenvalue weighted by atomic mass is 10.0. The lowest BCUT2D eigenvalue weighted by Crippen LogP contribution is -2.44. The van der Waals surface area contributed by atoms with Gasteiger partial charge in [-0.15, -0.1) is 0 Å². The van der Waals surface area contributed by atoms with Gasteiger partial charge in [0.1, 0.15) is 0 Å². The Labute approximate surface area is 134 Å². The standard InChI is InChI=1S/C16H21N3O4/c1-10-8-13(19(21)22)4-5-14(10)18-16(20)17-12-6-7-23-15(9-12)11-2-3-11/h4-5,8,11-12,15H,2-3,6-7,9H2,1H3,(H2,17,18,20)/t12-,15+/m0/s1. The molecule has 2 aliphatic rings.